The Hall–Kier alpha value is -1.65. The highest BCUT2D eigenvalue weighted by molar-refractivity contribution is 9.10. The zero-order valence-electron chi connectivity index (χ0n) is 10.4. The molecule has 0 bridgehead atoms. The fraction of sp³-hybridized carbons (Fsp3) is 0.133. The van der Waals surface area contributed by atoms with Crippen LogP contribution in [0.2, 0.25) is 0 Å². The van der Waals surface area contributed by atoms with Crippen molar-refractivity contribution >= 4 is 21.4 Å². The lowest BCUT2D eigenvalue weighted by Gasteiger charge is -2.04. The fourth-order valence-corrected chi connectivity index (χ4v) is 2.62. The van der Waals surface area contributed by atoms with Crippen LogP contribution in [-0.2, 0) is 13.0 Å². The number of rotatable bonds is 3. The largest absolute Gasteiger partial charge is 0.326 e. The molecule has 2 N–H and O–H groups in total. The van der Waals surface area contributed by atoms with E-state index in [1.807, 2.05) is 24.4 Å². The lowest BCUT2D eigenvalue weighted by atomic mass is 10.1. The van der Waals surface area contributed by atoms with E-state index in [1.54, 1.807) is 0 Å². The van der Waals surface area contributed by atoms with Crippen molar-refractivity contribution in [2.45, 2.75) is 13.0 Å². The minimum atomic E-state index is 0.546. The maximum Gasteiger partial charge on any atom is 0.117 e. The van der Waals surface area contributed by atoms with Gasteiger partial charge in [-0.3, -0.25) is 0 Å². The molecule has 0 aliphatic rings. The molecule has 2 aromatic heterocycles. The van der Waals surface area contributed by atoms with Gasteiger partial charge in [0.25, 0.3) is 0 Å². The Morgan fingerprint density at radius 1 is 1.16 bits per heavy atom. The molecule has 0 aliphatic carbocycles. The summed E-state index contributed by atoms with van der Waals surface area (Å²) < 4.78 is 3.21. The third-order valence-corrected chi connectivity index (χ3v) is 3.65. The number of nitrogens with zero attached hydrogens (tertiary/aromatic N) is 2. The molecular formula is C15H14BrN3. The zero-order valence-corrected chi connectivity index (χ0v) is 12.0. The van der Waals surface area contributed by atoms with Crippen molar-refractivity contribution in [3.63, 3.8) is 0 Å². The van der Waals surface area contributed by atoms with Crippen LogP contribution in [0.15, 0.2) is 53.3 Å². The van der Waals surface area contributed by atoms with Crippen molar-refractivity contribution in [2.24, 2.45) is 5.73 Å². The number of imidazole rings is 1. The summed E-state index contributed by atoms with van der Waals surface area (Å²) in [5.41, 5.74) is 9.14. The average molecular weight is 316 g/mol. The average Bonchev–Trinajstić information content (AvgIpc) is 2.81. The molecule has 3 aromatic rings. The quantitative estimate of drug-likeness (QED) is 0.807. The van der Waals surface area contributed by atoms with Crippen LogP contribution in [0.25, 0.3) is 5.52 Å². The van der Waals surface area contributed by atoms with Gasteiger partial charge >= 0.3 is 0 Å². The standard InChI is InChI=1S/C15H14BrN3/c16-13-3-1-2-11(6-13)7-15-18-9-14-5-4-12(8-17)10-19(14)15/h1-6,9-10H,7-8,17H2. The van der Waals surface area contributed by atoms with Gasteiger partial charge in [-0.25, -0.2) is 4.98 Å². The molecule has 0 atom stereocenters. The summed E-state index contributed by atoms with van der Waals surface area (Å²) in [6, 6.07) is 12.4. The fourth-order valence-electron chi connectivity index (χ4n) is 2.17. The second-order valence-electron chi connectivity index (χ2n) is 4.52. The summed E-state index contributed by atoms with van der Waals surface area (Å²) in [6.07, 6.45) is 4.77. The first-order valence-electron chi connectivity index (χ1n) is 6.15. The van der Waals surface area contributed by atoms with Gasteiger partial charge in [-0.05, 0) is 29.3 Å². The second-order valence-corrected chi connectivity index (χ2v) is 5.43. The van der Waals surface area contributed by atoms with Crippen molar-refractivity contribution in [2.75, 3.05) is 0 Å². The van der Waals surface area contributed by atoms with Crippen molar-refractivity contribution in [1.82, 2.24) is 9.38 Å². The van der Waals surface area contributed by atoms with Crippen LogP contribution in [0.4, 0.5) is 0 Å². The van der Waals surface area contributed by atoms with Gasteiger partial charge in [0.15, 0.2) is 0 Å². The van der Waals surface area contributed by atoms with E-state index in [2.05, 4.69) is 49.7 Å². The van der Waals surface area contributed by atoms with E-state index in [1.165, 1.54) is 5.56 Å². The summed E-state index contributed by atoms with van der Waals surface area (Å²) in [7, 11) is 0. The number of halogens is 1. The van der Waals surface area contributed by atoms with Crippen LogP contribution in [0.1, 0.15) is 17.0 Å². The Bertz CT molecular complexity index is 718. The predicted molar refractivity (Wildman–Crippen MR) is 80.0 cm³/mol. The summed E-state index contributed by atoms with van der Waals surface area (Å²) >= 11 is 3.50. The molecule has 4 heteroatoms. The maximum atomic E-state index is 5.69. The summed E-state index contributed by atoms with van der Waals surface area (Å²) in [5, 5.41) is 0. The van der Waals surface area contributed by atoms with Gasteiger partial charge in [0.05, 0.1) is 11.7 Å². The van der Waals surface area contributed by atoms with E-state index in [0.29, 0.717) is 6.54 Å². The highest BCUT2D eigenvalue weighted by atomic mass is 79.9. The van der Waals surface area contributed by atoms with Crippen molar-refractivity contribution in [3.05, 3.63) is 70.2 Å². The first-order valence-corrected chi connectivity index (χ1v) is 6.95. The van der Waals surface area contributed by atoms with E-state index in [-0.39, 0.29) is 0 Å². The minimum Gasteiger partial charge on any atom is -0.326 e. The van der Waals surface area contributed by atoms with Crippen LogP contribution in [0.3, 0.4) is 0 Å². The van der Waals surface area contributed by atoms with Gasteiger partial charge in [-0.2, -0.15) is 0 Å². The molecule has 2 heterocycles. The van der Waals surface area contributed by atoms with Crippen LogP contribution in [-0.4, -0.2) is 9.38 Å². The molecule has 0 radical (unpaired) electrons. The van der Waals surface area contributed by atoms with Crippen LogP contribution in [0, 0.1) is 0 Å². The van der Waals surface area contributed by atoms with Crippen molar-refractivity contribution < 1.29 is 0 Å². The first-order chi connectivity index (χ1) is 9.26. The molecule has 0 saturated carbocycles. The molecule has 1 aromatic carbocycles. The number of hydrogen-bond donors (Lipinski definition) is 1. The molecule has 0 fully saturated rings. The summed E-state index contributed by atoms with van der Waals surface area (Å²) in [5.74, 6) is 1.03. The molecule has 19 heavy (non-hydrogen) atoms. The third kappa shape index (κ3) is 2.55. The van der Waals surface area contributed by atoms with Gasteiger partial charge in [0.2, 0.25) is 0 Å². The number of aromatic nitrogens is 2. The maximum absolute atomic E-state index is 5.69. The number of nitrogens with two attached hydrogens (primary N) is 1. The molecule has 0 aliphatic heterocycles. The van der Waals surface area contributed by atoms with E-state index < -0.39 is 0 Å². The normalized spacial score (nSPS) is 11.1. The van der Waals surface area contributed by atoms with E-state index >= 15 is 0 Å². The highest BCUT2D eigenvalue weighted by Gasteiger charge is 2.05. The van der Waals surface area contributed by atoms with Gasteiger partial charge in [-0.1, -0.05) is 34.1 Å². The smallest absolute Gasteiger partial charge is 0.117 e. The Morgan fingerprint density at radius 3 is 2.84 bits per heavy atom. The molecule has 3 nitrogen and oxygen atoms in total. The lowest BCUT2D eigenvalue weighted by molar-refractivity contribution is 0.939. The first kappa shape index (κ1) is 12.4. The molecular weight excluding hydrogens is 302 g/mol. The predicted octanol–water partition coefficient (Wildman–Crippen LogP) is 3.15. The molecule has 0 spiro atoms. The van der Waals surface area contributed by atoms with Gasteiger partial charge in [0.1, 0.15) is 5.82 Å². The van der Waals surface area contributed by atoms with Crippen LogP contribution in [0.5, 0.6) is 0 Å². The van der Waals surface area contributed by atoms with Gasteiger partial charge in [-0.15, -0.1) is 0 Å². The lowest BCUT2D eigenvalue weighted by Crippen LogP contribution is -2.01. The summed E-state index contributed by atoms with van der Waals surface area (Å²) in [6.45, 7) is 0.546. The van der Waals surface area contributed by atoms with Crippen molar-refractivity contribution in [1.29, 1.82) is 0 Å². The number of hydrogen-bond acceptors (Lipinski definition) is 2. The molecule has 0 unspecified atom stereocenters. The molecule has 0 amide bonds. The minimum absolute atomic E-state index is 0.546. The van der Waals surface area contributed by atoms with Crippen molar-refractivity contribution in [3.8, 4) is 0 Å². The molecule has 0 saturated heterocycles. The van der Waals surface area contributed by atoms with Crippen LogP contribution >= 0.6 is 15.9 Å². The Labute approximate surface area is 120 Å². The SMILES string of the molecule is NCc1ccc2cnc(Cc3cccc(Br)c3)n2c1. The Kier molecular flexibility index (Phi) is 3.36. The number of fused-ring (bicyclic) bond motifs is 1. The molecule has 3 rings (SSSR count). The van der Waals surface area contributed by atoms with Gasteiger partial charge in [0, 0.05) is 23.6 Å². The van der Waals surface area contributed by atoms with Crippen LogP contribution < -0.4 is 5.73 Å². The number of pyridine rings is 1. The summed E-state index contributed by atoms with van der Waals surface area (Å²) in [4.78, 5) is 4.50. The Morgan fingerprint density at radius 2 is 2.05 bits per heavy atom. The highest BCUT2D eigenvalue weighted by Crippen LogP contribution is 2.16. The monoisotopic (exact) mass is 315 g/mol. The second kappa shape index (κ2) is 5.15. The van der Waals surface area contributed by atoms with E-state index in [4.69, 9.17) is 5.73 Å². The van der Waals surface area contributed by atoms with Gasteiger partial charge < -0.3 is 10.1 Å². The van der Waals surface area contributed by atoms with E-state index in [9.17, 15) is 0 Å². The third-order valence-electron chi connectivity index (χ3n) is 3.15. The topological polar surface area (TPSA) is 43.3 Å². The number of benzene rings is 1. The molecule has 96 valence electrons. The zero-order chi connectivity index (χ0) is 13.2. The Balaban J connectivity index is 2.00. The van der Waals surface area contributed by atoms with E-state index in [0.717, 1.165) is 27.8 Å².